The third-order valence-corrected chi connectivity index (χ3v) is 5.01. The smallest absolute Gasteiger partial charge is 0.287 e. The third-order valence-electron chi connectivity index (χ3n) is 4.68. The highest BCUT2D eigenvalue weighted by Crippen LogP contribution is 2.17. The van der Waals surface area contributed by atoms with Crippen LogP contribution in [-0.4, -0.2) is 36.7 Å². The second kappa shape index (κ2) is 10.5. The molecule has 0 saturated carbocycles. The van der Waals surface area contributed by atoms with Crippen molar-refractivity contribution in [3.8, 4) is 0 Å². The van der Waals surface area contributed by atoms with Crippen LogP contribution in [0.5, 0.6) is 0 Å². The maximum atomic E-state index is 12.8. The van der Waals surface area contributed by atoms with E-state index in [1.165, 1.54) is 6.21 Å². The van der Waals surface area contributed by atoms with E-state index in [-0.39, 0.29) is 11.3 Å². The molecule has 2 amide bonds. The van der Waals surface area contributed by atoms with Gasteiger partial charge in [-0.15, -0.1) is 0 Å². The van der Waals surface area contributed by atoms with E-state index in [2.05, 4.69) is 15.8 Å². The summed E-state index contributed by atoms with van der Waals surface area (Å²) in [5.74, 6) is -1.05. The van der Waals surface area contributed by atoms with Crippen molar-refractivity contribution < 1.29 is 9.59 Å². The number of carbonyl (C=O) groups is 2. The Morgan fingerprint density at radius 1 is 1.03 bits per heavy atom. The average molecular weight is 450 g/mol. The zero-order chi connectivity index (χ0) is 23.1. The number of aryl methyl sites for hydroxylation is 1. The lowest BCUT2D eigenvalue weighted by Crippen LogP contribution is -2.33. The highest BCUT2D eigenvalue weighted by molar-refractivity contribution is 6.34. The number of carbonyl (C=O) groups excluding carboxylic acids is 2. The van der Waals surface area contributed by atoms with E-state index in [9.17, 15) is 9.59 Å². The summed E-state index contributed by atoms with van der Waals surface area (Å²) in [4.78, 5) is 27.6. The largest absolute Gasteiger partial charge is 0.378 e. The quantitative estimate of drug-likeness (QED) is 0.328. The molecule has 3 rings (SSSR count). The van der Waals surface area contributed by atoms with Gasteiger partial charge in [-0.05, 0) is 48.0 Å². The Morgan fingerprint density at radius 3 is 2.38 bits per heavy atom. The van der Waals surface area contributed by atoms with Gasteiger partial charge in [0.05, 0.1) is 22.5 Å². The molecule has 0 fully saturated rings. The Bertz CT molecular complexity index is 1160. The van der Waals surface area contributed by atoms with Gasteiger partial charge in [-0.25, -0.2) is 5.43 Å². The van der Waals surface area contributed by atoms with Gasteiger partial charge in [-0.3, -0.25) is 9.59 Å². The summed E-state index contributed by atoms with van der Waals surface area (Å²) in [6.45, 7) is 0. The van der Waals surface area contributed by atoms with Gasteiger partial charge < -0.3 is 14.8 Å². The first-order valence-corrected chi connectivity index (χ1v) is 10.2. The summed E-state index contributed by atoms with van der Waals surface area (Å²) in [6.07, 6.45) is 4.98. The molecular weight excluding hydrogens is 426 g/mol. The predicted molar refractivity (Wildman–Crippen MR) is 129 cm³/mol. The highest BCUT2D eigenvalue weighted by Gasteiger charge is 2.16. The molecule has 0 unspecified atom stereocenters. The van der Waals surface area contributed by atoms with Crippen LogP contribution in [0.2, 0.25) is 5.02 Å². The number of nitrogens with one attached hydrogen (secondary N) is 2. The molecule has 8 heteroatoms. The first-order valence-electron chi connectivity index (χ1n) is 9.85. The van der Waals surface area contributed by atoms with Gasteiger partial charge >= 0.3 is 0 Å². The zero-order valence-corrected chi connectivity index (χ0v) is 18.8. The van der Waals surface area contributed by atoms with E-state index in [1.54, 1.807) is 30.3 Å². The predicted octanol–water partition coefficient (Wildman–Crippen LogP) is 3.67. The van der Waals surface area contributed by atoms with Crippen LogP contribution in [0.4, 0.5) is 5.69 Å². The number of benzene rings is 2. The van der Waals surface area contributed by atoms with Crippen molar-refractivity contribution >= 4 is 41.4 Å². The summed E-state index contributed by atoms with van der Waals surface area (Å²) < 4.78 is 1.86. The lowest BCUT2D eigenvalue weighted by Gasteiger charge is -2.13. The second-order valence-corrected chi connectivity index (χ2v) is 7.63. The van der Waals surface area contributed by atoms with Gasteiger partial charge in [0.1, 0.15) is 5.70 Å². The molecule has 0 spiro atoms. The van der Waals surface area contributed by atoms with Crippen LogP contribution in [0, 0.1) is 0 Å². The summed E-state index contributed by atoms with van der Waals surface area (Å²) in [5.41, 5.74) is 5.34. The van der Waals surface area contributed by atoms with Crippen molar-refractivity contribution in [3.63, 3.8) is 0 Å². The number of anilines is 1. The molecule has 3 aromatic rings. The molecular formula is C24H24ClN5O2. The molecule has 0 bridgehead atoms. The van der Waals surface area contributed by atoms with Crippen molar-refractivity contribution in [3.05, 3.63) is 94.4 Å². The number of aromatic nitrogens is 1. The fourth-order valence-electron chi connectivity index (χ4n) is 2.85. The molecule has 0 aliphatic heterocycles. The Hall–Kier alpha value is -3.84. The van der Waals surface area contributed by atoms with E-state index in [0.717, 1.165) is 16.9 Å². The maximum absolute atomic E-state index is 12.8. The minimum absolute atomic E-state index is 0.0385. The van der Waals surface area contributed by atoms with Crippen LogP contribution in [0.1, 0.15) is 21.6 Å². The number of hydrogen-bond donors (Lipinski definition) is 2. The standard InChI is InChI=1S/C24H24ClN5O2/c1-29(2)18-12-10-17(11-13-18)15-22(27-23(31)20-8-4-5-9-21(20)25)24(32)28-26-16-19-7-6-14-30(19)3/h4-16H,1-3H3,(H,27,31)(H,28,32)/b22-15-,26-16-. The molecule has 164 valence electrons. The Labute approximate surface area is 192 Å². The molecule has 2 aromatic carbocycles. The van der Waals surface area contributed by atoms with Gasteiger partial charge in [-0.2, -0.15) is 5.10 Å². The average Bonchev–Trinajstić information content (AvgIpc) is 3.18. The zero-order valence-electron chi connectivity index (χ0n) is 18.0. The molecule has 1 heterocycles. The Balaban J connectivity index is 1.85. The first-order chi connectivity index (χ1) is 15.3. The van der Waals surface area contributed by atoms with Gasteiger partial charge in [0.25, 0.3) is 11.8 Å². The number of nitrogens with zero attached hydrogens (tertiary/aromatic N) is 3. The number of hydrazone groups is 1. The van der Waals surface area contributed by atoms with Crippen molar-refractivity contribution in [2.75, 3.05) is 19.0 Å². The lowest BCUT2D eigenvalue weighted by atomic mass is 10.1. The number of halogens is 1. The molecule has 1 aromatic heterocycles. The molecule has 0 aliphatic carbocycles. The monoisotopic (exact) mass is 449 g/mol. The Morgan fingerprint density at radius 2 is 1.75 bits per heavy atom. The van der Waals surface area contributed by atoms with Crippen LogP contribution >= 0.6 is 11.6 Å². The van der Waals surface area contributed by atoms with E-state index >= 15 is 0 Å². The topological polar surface area (TPSA) is 78.7 Å². The SMILES string of the molecule is CN(C)c1ccc(/C=C(\NC(=O)c2ccccc2Cl)C(=O)N/N=C\c2cccn2C)cc1. The molecule has 0 saturated heterocycles. The highest BCUT2D eigenvalue weighted by atomic mass is 35.5. The van der Waals surface area contributed by atoms with Crippen LogP contribution in [0.3, 0.4) is 0 Å². The fraction of sp³-hybridized carbons (Fsp3) is 0.125. The normalized spacial score (nSPS) is 11.4. The number of rotatable bonds is 7. The van der Waals surface area contributed by atoms with Crippen LogP contribution in [0.25, 0.3) is 6.08 Å². The van der Waals surface area contributed by atoms with Gasteiger partial charge in [0, 0.05) is 33.0 Å². The van der Waals surface area contributed by atoms with Crippen molar-refractivity contribution in [1.82, 2.24) is 15.3 Å². The number of amides is 2. The van der Waals surface area contributed by atoms with Gasteiger partial charge in [0.15, 0.2) is 0 Å². The van der Waals surface area contributed by atoms with Crippen LogP contribution < -0.4 is 15.6 Å². The van der Waals surface area contributed by atoms with Gasteiger partial charge in [-0.1, -0.05) is 35.9 Å². The molecule has 0 radical (unpaired) electrons. The van der Waals surface area contributed by atoms with E-state index in [1.807, 2.05) is 73.2 Å². The summed E-state index contributed by atoms with van der Waals surface area (Å²) >= 11 is 6.13. The number of hydrogen-bond acceptors (Lipinski definition) is 4. The molecule has 2 N–H and O–H groups in total. The second-order valence-electron chi connectivity index (χ2n) is 7.22. The van der Waals surface area contributed by atoms with E-state index in [0.29, 0.717) is 5.02 Å². The molecule has 7 nitrogen and oxygen atoms in total. The minimum Gasteiger partial charge on any atom is -0.378 e. The van der Waals surface area contributed by atoms with E-state index < -0.39 is 11.8 Å². The van der Waals surface area contributed by atoms with Gasteiger partial charge in [0.2, 0.25) is 0 Å². The summed E-state index contributed by atoms with van der Waals surface area (Å²) in [6, 6.07) is 17.9. The minimum atomic E-state index is -0.562. The van der Waals surface area contributed by atoms with Crippen molar-refractivity contribution in [1.29, 1.82) is 0 Å². The van der Waals surface area contributed by atoms with Crippen molar-refractivity contribution in [2.24, 2.45) is 12.1 Å². The van der Waals surface area contributed by atoms with Crippen LogP contribution in [0.15, 0.2) is 77.7 Å². The first kappa shape index (κ1) is 22.8. The fourth-order valence-corrected chi connectivity index (χ4v) is 3.08. The third kappa shape index (κ3) is 5.86. The summed E-state index contributed by atoms with van der Waals surface area (Å²) in [5, 5.41) is 6.95. The van der Waals surface area contributed by atoms with Crippen LogP contribution in [-0.2, 0) is 11.8 Å². The summed E-state index contributed by atoms with van der Waals surface area (Å²) in [7, 11) is 5.76. The maximum Gasteiger partial charge on any atom is 0.287 e. The Kier molecular flexibility index (Phi) is 7.46. The molecule has 32 heavy (non-hydrogen) atoms. The van der Waals surface area contributed by atoms with E-state index in [4.69, 9.17) is 11.6 Å². The molecule has 0 atom stereocenters. The molecule has 0 aliphatic rings. The lowest BCUT2D eigenvalue weighted by molar-refractivity contribution is -0.117. The van der Waals surface area contributed by atoms with Crippen molar-refractivity contribution in [2.45, 2.75) is 0 Å².